The molecule has 1 aromatic heterocycles. The standard InChI is InChI=1S/C23H25F3N4O3/c1-33-15-9-17(25)16(18(26)10-15)11-21(22-28-19-7-2-12(24)8-20(19)29-22)30-23(32)27-13-3-5-14(31)6-4-13/h2,7-10,13-14,21,31H,3-6,11H2,1H3,(H,28,29)(H2,27,30,32). The number of hydrogen-bond acceptors (Lipinski definition) is 4. The minimum atomic E-state index is -0.924. The van der Waals surface area contributed by atoms with Crippen LogP contribution in [-0.2, 0) is 6.42 Å². The Bertz CT molecular complexity index is 1120. The van der Waals surface area contributed by atoms with Crippen LogP contribution in [0, 0.1) is 17.5 Å². The molecular weight excluding hydrogens is 437 g/mol. The third-order valence-electron chi connectivity index (χ3n) is 5.89. The van der Waals surface area contributed by atoms with E-state index in [2.05, 4.69) is 20.6 Å². The highest BCUT2D eigenvalue weighted by Crippen LogP contribution is 2.26. The molecule has 3 aromatic rings. The maximum absolute atomic E-state index is 14.6. The maximum atomic E-state index is 14.6. The number of urea groups is 1. The van der Waals surface area contributed by atoms with Crippen LogP contribution in [-0.4, -0.2) is 40.4 Å². The predicted molar refractivity (Wildman–Crippen MR) is 115 cm³/mol. The van der Waals surface area contributed by atoms with Crippen LogP contribution in [0.25, 0.3) is 11.0 Å². The van der Waals surface area contributed by atoms with Crippen molar-refractivity contribution in [2.24, 2.45) is 0 Å². The average Bonchev–Trinajstić information content (AvgIpc) is 3.20. The number of fused-ring (bicyclic) bond motifs is 1. The lowest BCUT2D eigenvalue weighted by molar-refractivity contribution is 0.117. The van der Waals surface area contributed by atoms with E-state index in [1.165, 1.54) is 25.3 Å². The van der Waals surface area contributed by atoms with E-state index < -0.39 is 29.5 Å². The number of carbonyl (C=O) groups is 1. The number of nitrogens with zero attached hydrogens (tertiary/aromatic N) is 1. The molecule has 4 N–H and O–H groups in total. The highest BCUT2D eigenvalue weighted by atomic mass is 19.1. The van der Waals surface area contributed by atoms with Gasteiger partial charge in [0.1, 0.15) is 29.0 Å². The lowest BCUT2D eigenvalue weighted by Gasteiger charge is -2.27. The van der Waals surface area contributed by atoms with Crippen LogP contribution in [0.15, 0.2) is 30.3 Å². The number of rotatable bonds is 6. The van der Waals surface area contributed by atoms with Gasteiger partial charge in [0.2, 0.25) is 0 Å². The Morgan fingerprint density at radius 2 is 1.88 bits per heavy atom. The molecule has 1 unspecified atom stereocenters. The van der Waals surface area contributed by atoms with E-state index in [1.54, 1.807) is 0 Å². The zero-order chi connectivity index (χ0) is 23.5. The molecule has 33 heavy (non-hydrogen) atoms. The molecule has 0 spiro atoms. The van der Waals surface area contributed by atoms with Crippen molar-refractivity contribution in [3.63, 3.8) is 0 Å². The fraction of sp³-hybridized carbons (Fsp3) is 0.391. The Morgan fingerprint density at radius 1 is 1.18 bits per heavy atom. The summed E-state index contributed by atoms with van der Waals surface area (Å²) < 4.78 is 47.8. The summed E-state index contributed by atoms with van der Waals surface area (Å²) in [7, 11) is 1.31. The molecule has 1 heterocycles. The van der Waals surface area contributed by atoms with Gasteiger partial charge in [-0.2, -0.15) is 0 Å². The van der Waals surface area contributed by atoms with Crippen molar-refractivity contribution in [2.75, 3.05) is 7.11 Å². The van der Waals surface area contributed by atoms with Gasteiger partial charge in [0, 0.05) is 36.2 Å². The molecule has 10 heteroatoms. The molecule has 176 valence electrons. The third kappa shape index (κ3) is 5.39. The number of halogens is 3. The second-order valence-electron chi connectivity index (χ2n) is 8.23. The SMILES string of the molecule is COc1cc(F)c(CC(NC(=O)NC2CCC(O)CC2)c2nc3cc(F)ccc3[nH]2)c(F)c1. The summed E-state index contributed by atoms with van der Waals surface area (Å²) in [5.41, 5.74) is 0.609. The van der Waals surface area contributed by atoms with E-state index in [0.717, 1.165) is 12.1 Å². The monoisotopic (exact) mass is 462 g/mol. The smallest absolute Gasteiger partial charge is 0.315 e. The van der Waals surface area contributed by atoms with Gasteiger partial charge in [-0.25, -0.2) is 22.9 Å². The minimum absolute atomic E-state index is 0.0368. The van der Waals surface area contributed by atoms with Gasteiger partial charge in [0.05, 0.1) is 30.3 Å². The van der Waals surface area contributed by atoms with Crippen LogP contribution in [0.5, 0.6) is 5.75 Å². The molecule has 1 fully saturated rings. The first kappa shape index (κ1) is 22.9. The van der Waals surface area contributed by atoms with Gasteiger partial charge in [0.25, 0.3) is 0 Å². The van der Waals surface area contributed by atoms with Crippen LogP contribution in [0.2, 0.25) is 0 Å². The number of aliphatic hydroxyl groups is 1. The van der Waals surface area contributed by atoms with E-state index in [1.807, 2.05) is 0 Å². The van der Waals surface area contributed by atoms with E-state index >= 15 is 0 Å². The van der Waals surface area contributed by atoms with Gasteiger partial charge < -0.3 is 25.5 Å². The van der Waals surface area contributed by atoms with Crippen LogP contribution in [0.3, 0.4) is 0 Å². The first-order valence-corrected chi connectivity index (χ1v) is 10.7. The third-order valence-corrected chi connectivity index (χ3v) is 5.89. The molecule has 1 saturated carbocycles. The van der Waals surface area contributed by atoms with E-state index in [9.17, 15) is 23.1 Å². The number of methoxy groups -OCH3 is 1. The van der Waals surface area contributed by atoms with Gasteiger partial charge in [-0.3, -0.25) is 0 Å². The number of aromatic amines is 1. The average molecular weight is 462 g/mol. The van der Waals surface area contributed by atoms with Gasteiger partial charge in [-0.15, -0.1) is 0 Å². The summed E-state index contributed by atoms with van der Waals surface area (Å²) >= 11 is 0. The Morgan fingerprint density at radius 3 is 2.55 bits per heavy atom. The molecule has 2 aromatic carbocycles. The second-order valence-corrected chi connectivity index (χ2v) is 8.23. The van der Waals surface area contributed by atoms with E-state index in [-0.39, 0.29) is 35.7 Å². The van der Waals surface area contributed by atoms with Crippen molar-refractivity contribution < 1.29 is 27.8 Å². The lowest BCUT2D eigenvalue weighted by Crippen LogP contribution is -2.45. The second kappa shape index (κ2) is 9.70. The molecule has 4 rings (SSSR count). The number of hydrogen-bond donors (Lipinski definition) is 4. The van der Waals surface area contributed by atoms with E-state index in [0.29, 0.717) is 36.7 Å². The number of imidazole rings is 1. The molecule has 0 bridgehead atoms. The van der Waals surface area contributed by atoms with Crippen LogP contribution < -0.4 is 15.4 Å². The summed E-state index contributed by atoms with van der Waals surface area (Å²) in [6.45, 7) is 0. The Labute approximate surface area is 188 Å². The first-order chi connectivity index (χ1) is 15.8. The Balaban J connectivity index is 1.59. The number of amides is 2. The largest absolute Gasteiger partial charge is 0.497 e. The molecule has 1 aliphatic carbocycles. The fourth-order valence-electron chi connectivity index (χ4n) is 4.08. The van der Waals surface area contributed by atoms with Crippen LogP contribution in [0.4, 0.5) is 18.0 Å². The van der Waals surface area contributed by atoms with Crippen molar-refractivity contribution >= 4 is 17.1 Å². The highest BCUT2D eigenvalue weighted by molar-refractivity contribution is 5.76. The molecule has 2 amide bonds. The maximum Gasteiger partial charge on any atom is 0.315 e. The van der Waals surface area contributed by atoms with Crippen molar-refractivity contribution in [2.45, 2.75) is 50.3 Å². The highest BCUT2D eigenvalue weighted by Gasteiger charge is 2.26. The number of carbonyl (C=O) groups excluding carboxylic acids is 1. The van der Waals surface area contributed by atoms with Crippen LogP contribution in [0.1, 0.15) is 43.1 Å². The number of benzene rings is 2. The topological polar surface area (TPSA) is 99.3 Å². The van der Waals surface area contributed by atoms with Gasteiger partial charge >= 0.3 is 6.03 Å². The summed E-state index contributed by atoms with van der Waals surface area (Å²) in [4.78, 5) is 20.0. The number of aromatic nitrogens is 2. The normalized spacial score (nSPS) is 19.3. The summed E-state index contributed by atoms with van der Waals surface area (Å²) in [6.07, 6.45) is 1.84. The van der Waals surface area contributed by atoms with Crippen LogP contribution >= 0.6 is 0 Å². The molecule has 0 aliphatic heterocycles. The van der Waals surface area contributed by atoms with Gasteiger partial charge in [0.15, 0.2) is 0 Å². The fourth-order valence-corrected chi connectivity index (χ4v) is 4.08. The van der Waals surface area contributed by atoms with Crippen molar-refractivity contribution in [1.82, 2.24) is 20.6 Å². The minimum Gasteiger partial charge on any atom is -0.497 e. The Kier molecular flexibility index (Phi) is 6.73. The number of H-pyrrole nitrogens is 1. The number of aliphatic hydroxyl groups excluding tert-OH is 1. The van der Waals surface area contributed by atoms with Crippen molar-refractivity contribution in [3.8, 4) is 5.75 Å². The molecule has 0 saturated heterocycles. The number of nitrogens with one attached hydrogen (secondary N) is 3. The molecule has 1 aliphatic rings. The van der Waals surface area contributed by atoms with Gasteiger partial charge in [-0.05, 0) is 37.8 Å². The zero-order valence-electron chi connectivity index (χ0n) is 18.0. The predicted octanol–water partition coefficient (Wildman–Crippen LogP) is 3.88. The van der Waals surface area contributed by atoms with Crippen molar-refractivity contribution in [3.05, 3.63) is 59.2 Å². The lowest BCUT2D eigenvalue weighted by atomic mass is 9.93. The number of ether oxygens (including phenoxy) is 1. The molecule has 1 atom stereocenters. The summed E-state index contributed by atoms with van der Waals surface area (Å²) in [5, 5.41) is 15.2. The quantitative estimate of drug-likeness (QED) is 0.447. The van der Waals surface area contributed by atoms with Crippen molar-refractivity contribution in [1.29, 1.82) is 0 Å². The Hall–Kier alpha value is -3.27. The summed E-state index contributed by atoms with van der Waals surface area (Å²) in [5.74, 6) is -1.84. The van der Waals surface area contributed by atoms with E-state index in [4.69, 9.17) is 4.74 Å². The molecule has 7 nitrogen and oxygen atoms in total. The summed E-state index contributed by atoms with van der Waals surface area (Å²) in [6, 6.07) is 4.56. The van der Waals surface area contributed by atoms with Gasteiger partial charge in [-0.1, -0.05) is 0 Å². The first-order valence-electron chi connectivity index (χ1n) is 10.7. The zero-order valence-corrected chi connectivity index (χ0v) is 18.0. The molecule has 0 radical (unpaired) electrons. The molecular formula is C23H25F3N4O3.